The van der Waals surface area contributed by atoms with Crippen LogP contribution in [-0.2, 0) is 13.0 Å². The normalized spacial score (nSPS) is 10.7. The molecular weight excluding hydrogens is 266 g/mol. The van der Waals surface area contributed by atoms with Gasteiger partial charge in [0, 0.05) is 12.1 Å². The van der Waals surface area contributed by atoms with Crippen molar-refractivity contribution in [2.24, 2.45) is 5.73 Å². The first-order chi connectivity index (χ1) is 7.74. The fourth-order valence-corrected chi connectivity index (χ4v) is 2.00. The first-order valence-corrected chi connectivity index (χ1v) is 6.07. The van der Waals surface area contributed by atoms with E-state index in [1.807, 2.05) is 0 Å². The molecule has 3 nitrogen and oxygen atoms in total. The molecule has 0 unspecified atom stereocenters. The summed E-state index contributed by atoms with van der Waals surface area (Å²) in [6.07, 6.45) is 1.05. The smallest absolute Gasteiger partial charge is 0.138 e. The van der Waals surface area contributed by atoms with Crippen LogP contribution in [0.15, 0.2) is 28.9 Å². The van der Waals surface area contributed by atoms with Crippen molar-refractivity contribution in [3.63, 3.8) is 0 Å². The summed E-state index contributed by atoms with van der Waals surface area (Å²) in [5.41, 5.74) is 8.92. The highest BCUT2D eigenvalue weighted by Crippen LogP contribution is 2.21. The van der Waals surface area contributed by atoms with Gasteiger partial charge in [0.25, 0.3) is 0 Å². The van der Waals surface area contributed by atoms with Gasteiger partial charge < -0.3 is 10.7 Å². The van der Waals surface area contributed by atoms with Crippen LogP contribution in [0.1, 0.15) is 18.2 Å². The lowest BCUT2D eigenvalue weighted by Gasteiger charge is -1.99. The average molecular weight is 280 g/mol. The van der Waals surface area contributed by atoms with E-state index in [1.54, 1.807) is 0 Å². The van der Waals surface area contributed by atoms with E-state index in [2.05, 4.69) is 57.1 Å². The molecule has 0 aliphatic carbocycles. The summed E-state index contributed by atoms with van der Waals surface area (Å²) in [6.45, 7) is 2.60. The highest BCUT2D eigenvalue weighted by molar-refractivity contribution is 9.10. The second-order valence-electron chi connectivity index (χ2n) is 3.61. The number of hydrogen-bond donors (Lipinski definition) is 2. The lowest BCUT2D eigenvalue weighted by Crippen LogP contribution is -1.96. The van der Waals surface area contributed by atoms with E-state index in [1.165, 1.54) is 5.56 Å². The molecule has 3 N–H and O–H groups in total. The minimum absolute atomic E-state index is 0.459. The van der Waals surface area contributed by atoms with E-state index in [0.717, 1.165) is 28.1 Å². The molecule has 0 radical (unpaired) electrons. The van der Waals surface area contributed by atoms with E-state index in [0.29, 0.717) is 6.54 Å². The quantitative estimate of drug-likeness (QED) is 0.908. The molecule has 0 aliphatic rings. The Kier molecular flexibility index (Phi) is 3.41. The fourth-order valence-electron chi connectivity index (χ4n) is 1.56. The third-order valence-electron chi connectivity index (χ3n) is 2.57. The standard InChI is InChI=1S/C12H14BrN3/c1-2-8-3-5-9(6-4-8)12-15-10(7-14)11(13)16-12/h3-6H,2,7,14H2,1H3,(H,15,16). The molecule has 0 fully saturated rings. The maximum absolute atomic E-state index is 5.59. The highest BCUT2D eigenvalue weighted by Gasteiger charge is 2.07. The summed E-state index contributed by atoms with van der Waals surface area (Å²) in [5, 5.41) is 0. The number of aryl methyl sites for hydroxylation is 1. The molecule has 84 valence electrons. The number of benzene rings is 1. The molecule has 1 aromatic carbocycles. The number of aromatic nitrogens is 2. The Morgan fingerprint density at radius 2 is 2.00 bits per heavy atom. The number of imidazole rings is 1. The summed E-state index contributed by atoms with van der Waals surface area (Å²) in [5.74, 6) is 0.856. The van der Waals surface area contributed by atoms with Crippen molar-refractivity contribution in [3.05, 3.63) is 40.1 Å². The van der Waals surface area contributed by atoms with Crippen LogP contribution in [0.25, 0.3) is 11.4 Å². The molecule has 1 heterocycles. The van der Waals surface area contributed by atoms with Crippen LogP contribution >= 0.6 is 15.9 Å². The summed E-state index contributed by atoms with van der Waals surface area (Å²) < 4.78 is 0.796. The largest absolute Gasteiger partial charge is 0.340 e. The minimum Gasteiger partial charge on any atom is -0.340 e. The van der Waals surface area contributed by atoms with Gasteiger partial charge in [0.05, 0.1) is 5.69 Å². The van der Waals surface area contributed by atoms with Gasteiger partial charge >= 0.3 is 0 Å². The van der Waals surface area contributed by atoms with Gasteiger partial charge in [-0.25, -0.2) is 4.98 Å². The van der Waals surface area contributed by atoms with Crippen LogP contribution in [0, 0.1) is 0 Å². The van der Waals surface area contributed by atoms with Crippen LogP contribution in [-0.4, -0.2) is 9.97 Å². The number of rotatable bonds is 3. The van der Waals surface area contributed by atoms with Gasteiger partial charge in [0.2, 0.25) is 0 Å². The minimum atomic E-state index is 0.459. The van der Waals surface area contributed by atoms with Crippen molar-refractivity contribution in [3.8, 4) is 11.4 Å². The Hall–Kier alpha value is -1.13. The Morgan fingerprint density at radius 3 is 2.50 bits per heavy atom. The lowest BCUT2D eigenvalue weighted by molar-refractivity contribution is 1.00. The van der Waals surface area contributed by atoms with E-state index < -0.39 is 0 Å². The maximum atomic E-state index is 5.59. The molecule has 0 amide bonds. The van der Waals surface area contributed by atoms with Gasteiger partial charge in [-0.2, -0.15) is 0 Å². The maximum Gasteiger partial charge on any atom is 0.138 e. The third kappa shape index (κ3) is 2.18. The molecule has 2 rings (SSSR count). The number of hydrogen-bond acceptors (Lipinski definition) is 2. The van der Waals surface area contributed by atoms with Crippen molar-refractivity contribution in [1.82, 2.24) is 9.97 Å². The molecule has 1 aromatic heterocycles. The molecule has 0 spiro atoms. The second-order valence-corrected chi connectivity index (χ2v) is 4.36. The van der Waals surface area contributed by atoms with Gasteiger partial charge in [0.15, 0.2) is 0 Å². The number of H-pyrrole nitrogens is 1. The van der Waals surface area contributed by atoms with E-state index >= 15 is 0 Å². The Labute approximate surface area is 103 Å². The number of halogens is 1. The SMILES string of the molecule is CCc1ccc(-c2nc(Br)c(CN)[nH]2)cc1. The lowest BCUT2D eigenvalue weighted by atomic mass is 10.1. The van der Waals surface area contributed by atoms with Crippen LogP contribution in [0.5, 0.6) is 0 Å². The molecule has 0 atom stereocenters. The van der Waals surface area contributed by atoms with Crippen molar-refractivity contribution in [2.45, 2.75) is 19.9 Å². The van der Waals surface area contributed by atoms with E-state index in [9.17, 15) is 0 Å². The zero-order valence-electron chi connectivity index (χ0n) is 9.13. The molecule has 0 saturated heterocycles. The molecular formula is C12H14BrN3. The van der Waals surface area contributed by atoms with Gasteiger partial charge in [0.1, 0.15) is 10.4 Å². The van der Waals surface area contributed by atoms with Crippen LogP contribution in [0.4, 0.5) is 0 Å². The van der Waals surface area contributed by atoms with Crippen molar-refractivity contribution in [2.75, 3.05) is 0 Å². The highest BCUT2D eigenvalue weighted by atomic mass is 79.9. The van der Waals surface area contributed by atoms with Gasteiger partial charge in [-0.15, -0.1) is 0 Å². The number of nitrogens with zero attached hydrogens (tertiary/aromatic N) is 1. The van der Waals surface area contributed by atoms with Crippen molar-refractivity contribution >= 4 is 15.9 Å². The van der Waals surface area contributed by atoms with E-state index in [-0.39, 0.29) is 0 Å². The molecule has 4 heteroatoms. The molecule has 0 aliphatic heterocycles. The molecule has 2 aromatic rings. The third-order valence-corrected chi connectivity index (χ3v) is 3.22. The van der Waals surface area contributed by atoms with Crippen molar-refractivity contribution < 1.29 is 0 Å². The van der Waals surface area contributed by atoms with Gasteiger partial charge in [-0.3, -0.25) is 0 Å². The monoisotopic (exact) mass is 279 g/mol. The van der Waals surface area contributed by atoms with Crippen LogP contribution in [0.3, 0.4) is 0 Å². The number of nitrogens with one attached hydrogen (secondary N) is 1. The van der Waals surface area contributed by atoms with E-state index in [4.69, 9.17) is 5.73 Å². The predicted octanol–water partition coefficient (Wildman–Crippen LogP) is 2.86. The molecule has 0 saturated carbocycles. The fraction of sp³-hybridized carbons (Fsp3) is 0.250. The van der Waals surface area contributed by atoms with Crippen molar-refractivity contribution in [1.29, 1.82) is 0 Å². The second kappa shape index (κ2) is 4.80. The Morgan fingerprint density at radius 1 is 1.31 bits per heavy atom. The zero-order chi connectivity index (χ0) is 11.5. The summed E-state index contributed by atoms with van der Waals surface area (Å²) in [6, 6.07) is 8.39. The number of aromatic amines is 1. The first kappa shape index (κ1) is 11.4. The topological polar surface area (TPSA) is 54.7 Å². The Balaban J connectivity index is 2.34. The van der Waals surface area contributed by atoms with Crippen LogP contribution in [0.2, 0.25) is 0 Å². The predicted molar refractivity (Wildman–Crippen MR) is 69.0 cm³/mol. The molecule has 0 bridgehead atoms. The van der Waals surface area contributed by atoms with Gasteiger partial charge in [-0.05, 0) is 27.9 Å². The summed E-state index contributed by atoms with van der Waals surface area (Å²) in [4.78, 5) is 7.59. The summed E-state index contributed by atoms with van der Waals surface area (Å²) >= 11 is 3.38. The van der Waals surface area contributed by atoms with Crippen LogP contribution < -0.4 is 5.73 Å². The van der Waals surface area contributed by atoms with Gasteiger partial charge in [-0.1, -0.05) is 31.2 Å². The molecule has 16 heavy (non-hydrogen) atoms. The summed E-state index contributed by atoms with van der Waals surface area (Å²) in [7, 11) is 0. The zero-order valence-corrected chi connectivity index (χ0v) is 10.7. The average Bonchev–Trinajstić information content (AvgIpc) is 2.71. The first-order valence-electron chi connectivity index (χ1n) is 5.28. The Bertz CT molecular complexity index is 474. The number of nitrogens with two attached hydrogens (primary N) is 1.